The molecule has 0 aliphatic rings. The van der Waals surface area contributed by atoms with Crippen molar-refractivity contribution in [1.82, 2.24) is 0 Å². The molecule has 2 heteroatoms. The van der Waals surface area contributed by atoms with Gasteiger partial charge in [0.25, 0.3) is 0 Å². The van der Waals surface area contributed by atoms with Gasteiger partial charge in [-0.25, -0.2) is 0 Å². The first-order chi connectivity index (χ1) is 4.18. The minimum absolute atomic E-state index is 0.948. The van der Waals surface area contributed by atoms with Crippen LogP contribution in [-0.2, 0) is 0 Å². The van der Waals surface area contributed by atoms with Crippen LogP contribution in [-0.4, -0.2) is 16.0 Å². The molecular weight excluding hydrogens is 179 g/mol. The Balaban J connectivity index is 3.17. The summed E-state index contributed by atoms with van der Waals surface area (Å²) in [5.74, 6) is 1.90. The Labute approximate surface area is 62.9 Å². The van der Waals surface area contributed by atoms with E-state index in [0.29, 0.717) is 0 Å². The van der Waals surface area contributed by atoms with Crippen molar-refractivity contribution in [3.05, 3.63) is 23.7 Å². The van der Waals surface area contributed by atoms with Crippen molar-refractivity contribution in [3.63, 3.8) is 0 Å². The molecule has 1 aromatic heterocycles. The first-order valence-corrected chi connectivity index (χ1v) is 3.62. The predicted molar refractivity (Wildman–Crippen MR) is 38.0 cm³/mol. The van der Waals surface area contributed by atoms with E-state index in [4.69, 9.17) is 4.42 Å². The summed E-state index contributed by atoms with van der Waals surface area (Å²) in [6, 6.07) is 3.93. The Kier molecular flexibility index (Phi) is 1.89. The molecular formula is C7H8OSe+. The van der Waals surface area contributed by atoms with Crippen molar-refractivity contribution in [2.45, 2.75) is 13.8 Å². The topological polar surface area (TPSA) is 11.3 Å². The van der Waals surface area contributed by atoms with Crippen molar-refractivity contribution in [1.29, 1.82) is 0 Å². The van der Waals surface area contributed by atoms with Gasteiger partial charge in [0.05, 0.1) is 0 Å². The Bertz CT molecular complexity index is 170. The molecule has 0 spiro atoms. The third-order valence-electron chi connectivity index (χ3n) is 1.01. The standard InChI is InChI=1S/C7H8OSe/c1-5-3-7(9)4-6(2)8-5/h3-4H,1-2H3/q+1. The van der Waals surface area contributed by atoms with Gasteiger partial charge >= 0.3 is 62.4 Å². The summed E-state index contributed by atoms with van der Waals surface area (Å²) < 4.78 is 6.37. The van der Waals surface area contributed by atoms with Crippen molar-refractivity contribution in [2.75, 3.05) is 0 Å². The van der Waals surface area contributed by atoms with E-state index in [1.165, 1.54) is 0 Å². The van der Waals surface area contributed by atoms with Crippen molar-refractivity contribution >= 4 is 20.5 Å². The summed E-state index contributed by atoms with van der Waals surface area (Å²) >= 11 is 2.92. The quantitative estimate of drug-likeness (QED) is 0.435. The summed E-state index contributed by atoms with van der Waals surface area (Å²) in [7, 11) is 0. The number of hydrogen-bond acceptors (Lipinski definition) is 0. The average Bonchev–Trinajstić information content (AvgIpc) is 1.59. The average molecular weight is 187 g/mol. The van der Waals surface area contributed by atoms with Gasteiger partial charge in [-0.15, -0.1) is 0 Å². The molecule has 0 saturated carbocycles. The Hall–Kier alpha value is -0.331. The van der Waals surface area contributed by atoms with Crippen LogP contribution in [0.2, 0.25) is 0 Å². The Morgan fingerprint density at radius 2 is 1.67 bits per heavy atom. The molecule has 1 heterocycles. The fraction of sp³-hybridized carbons (Fsp3) is 0.286. The second-order valence-electron chi connectivity index (χ2n) is 2.01. The monoisotopic (exact) mass is 188 g/mol. The van der Waals surface area contributed by atoms with E-state index < -0.39 is 0 Å². The third-order valence-corrected chi connectivity index (χ3v) is 1.51. The number of rotatable bonds is 0. The van der Waals surface area contributed by atoms with Gasteiger partial charge < -0.3 is 0 Å². The zero-order valence-electron chi connectivity index (χ0n) is 5.47. The van der Waals surface area contributed by atoms with Gasteiger partial charge in [-0.2, -0.15) is 0 Å². The van der Waals surface area contributed by atoms with E-state index in [9.17, 15) is 0 Å². The maximum absolute atomic E-state index is 5.24. The predicted octanol–water partition coefficient (Wildman–Crippen LogP) is 0.971. The first kappa shape index (κ1) is 6.78. The zero-order chi connectivity index (χ0) is 6.85. The van der Waals surface area contributed by atoms with Gasteiger partial charge in [0.1, 0.15) is 0 Å². The zero-order valence-corrected chi connectivity index (χ0v) is 7.18. The van der Waals surface area contributed by atoms with Crippen molar-refractivity contribution < 1.29 is 4.42 Å². The van der Waals surface area contributed by atoms with Gasteiger partial charge in [-0.1, -0.05) is 0 Å². The molecule has 0 fully saturated rings. The molecule has 1 radical (unpaired) electrons. The maximum atomic E-state index is 5.24. The van der Waals surface area contributed by atoms with Crippen LogP contribution in [0.15, 0.2) is 16.5 Å². The Morgan fingerprint density at radius 3 is 2.00 bits per heavy atom. The van der Waals surface area contributed by atoms with Crippen LogP contribution < -0.4 is 4.46 Å². The van der Waals surface area contributed by atoms with E-state index in [1.54, 1.807) is 0 Å². The van der Waals surface area contributed by atoms with Gasteiger partial charge in [0, 0.05) is 0 Å². The summed E-state index contributed by atoms with van der Waals surface area (Å²) in [4.78, 5) is 0. The molecule has 0 N–H and O–H groups in total. The van der Waals surface area contributed by atoms with Crippen LogP contribution in [0, 0.1) is 13.8 Å². The second kappa shape index (κ2) is 2.51. The van der Waals surface area contributed by atoms with Crippen LogP contribution in [0.3, 0.4) is 0 Å². The van der Waals surface area contributed by atoms with E-state index in [2.05, 4.69) is 16.0 Å². The number of hydrogen-bond donors (Lipinski definition) is 0. The van der Waals surface area contributed by atoms with Crippen LogP contribution in [0.4, 0.5) is 0 Å². The van der Waals surface area contributed by atoms with Crippen LogP contribution in [0.5, 0.6) is 0 Å². The molecule has 0 unspecified atom stereocenters. The molecule has 0 aliphatic carbocycles. The molecule has 0 aliphatic heterocycles. The third kappa shape index (κ3) is 1.81. The van der Waals surface area contributed by atoms with Gasteiger partial charge in [0.2, 0.25) is 0 Å². The fourth-order valence-electron chi connectivity index (χ4n) is 0.755. The molecule has 1 rings (SSSR count). The molecule has 0 saturated heterocycles. The first-order valence-electron chi connectivity index (χ1n) is 2.77. The molecule has 47 valence electrons. The SMILES string of the molecule is Cc1cc([Se])cc(C)[o+]1. The van der Waals surface area contributed by atoms with E-state index >= 15 is 0 Å². The summed E-state index contributed by atoms with van der Waals surface area (Å²) in [5.41, 5.74) is 0. The summed E-state index contributed by atoms with van der Waals surface area (Å²) in [6.07, 6.45) is 0. The van der Waals surface area contributed by atoms with E-state index in [-0.39, 0.29) is 0 Å². The molecule has 9 heavy (non-hydrogen) atoms. The van der Waals surface area contributed by atoms with Crippen LogP contribution in [0.1, 0.15) is 11.5 Å². The summed E-state index contributed by atoms with van der Waals surface area (Å²) in [6.45, 7) is 3.88. The van der Waals surface area contributed by atoms with Gasteiger partial charge in [-0.3, -0.25) is 0 Å². The van der Waals surface area contributed by atoms with Crippen molar-refractivity contribution in [3.8, 4) is 0 Å². The van der Waals surface area contributed by atoms with Gasteiger partial charge in [0.15, 0.2) is 0 Å². The van der Waals surface area contributed by atoms with E-state index in [0.717, 1.165) is 16.0 Å². The summed E-state index contributed by atoms with van der Waals surface area (Å²) in [5, 5.41) is 0. The van der Waals surface area contributed by atoms with Crippen LogP contribution in [0.25, 0.3) is 0 Å². The molecule has 1 nitrogen and oxygen atoms in total. The minimum atomic E-state index is 0.948. The molecule has 0 bridgehead atoms. The Morgan fingerprint density at radius 1 is 1.22 bits per heavy atom. The van der Waals surface area contributed by atoms with Crippen molar-refractivity contribution in [2.24, 2.45) is 0 Å². The molecule has 0 atom stereocenters. The van der Waals surface area contributed by atoms with Gasteiger partial charge in [-0.05, 0) is 0 Å². The second-order valence-corrected chi connectivity index (χ2v) is 3.00. The van der Waals surface area contributed by atoms with Crippen LogP contribution >= 0.6 is 0 Å². The normalized spacial score (nSPS) is 9.56. The molecule has 0 aromatic carbocycles. The molecule has 1 aromatic rings. The van der Waals surface area contributed by atoms with E-state index in [1.807, 2.05) is 26.0 Å². The number of aryl methyl sites for hydroxylation is 2. The fourth-order valence-corrected chi connectivity index (χ4v) is 1.45. The molecule has 0 amide bonds.